The molecule has 5 heteroatoms. The highest BCUT2D eigenvalue weighted by Gasteiger charge is 2.36. The van der Waals surface area contributed by atoms with E-state index in [1.807, 2.05) is 38.1 Å². The number of nitrogens with one attached hydrogen (secondary N) is 1. The van der Waals surface area contributed by atoms with Gasteiger partial charge in [0.25, 0.3) is 0 Å². The second-order valence-corrected chi connectivity index (χ2v) is 6.19. The molecule has 5 nitrogen and oxygen atoms in total. The second-order valence-electron chi connectivity index (χ2n) is 6.19. The third kappa shape index (κ3) is 6.43. The monoisotopic (exact) mass is 345 g/mol. The molecule has 2 rings (SSSR count). The van der Waals surface area contributed by atoms with Crippen molar-refractivity contribution in [2.24, 2.45) is 0 Å². The van der Waals surface area contributed by atoms with Crippen molar-refractivity contribution in [2.75, 3.05) is 20.3 Å². The van der Waals surface area contributed by atoms with Crippen molar-refractivity contribution in [3.05, 3.63) is 42.6 Å². The van der Waals surface area contributed by atoms with E-state index in [1.54, 1.807) is 13.3 Å². The Morgan fingerprint density at radius 1 is 1.40 bits per heavy atom. The van der Waals surface area contributed by atoms with Crippen LogP contribution in [0.3, 0.4) is 0 Å². The summed E-state index contributed by atoms with van der Waals surface area (Å²) in [6.07, 6.45) is 2.18. The summed E-state index contributed by atoms with van der Waals surface area (Å²) in [5.74, 6) is 6.60. The maximum Gasteiger partial charge on any atom is 0.163 e. The number of hydrogen-bond donors (Lipinski definition) is 1. The van der Waals surface area contributed by atoms with Crippen LogP contribution >= 0.6 is 0 Å². The molecule has 25 heavy (non-hydrogen) atoms. The molecule has 1 saturated heterocycles. The van der Waals surface area contributed by atoms with Crippen LogP contribution in [0.5, 0.6) is 5.75 Å². The standard InChI is InChI=1S/C20H27NO4/c1-5-21-18(19-15-24-20(2,3)25-19)8-6-7-13-23-14-16-9-11-17(22-4)12-10-16/h5,9-12,18-19,21H,1,7,13-15H2,2-4H3/t18-,19+/m0/s1. The first-order chi connectivity index (χ1) is 12.0. The van der Waals surface area contributed by atoms with Crippen LogP contribution < -0.4 is 10.1 Å². The molecule has 1 aliphatic rings. The summed E-state index contributed by atoms with van der Waals surface area (Å²) in [7, 11) is 1.66. The summed E-state index contributed by atoms with van der Waals surface area (Å²) in [6.45, 7) is 9.16. The van der Waals surface area contributed by atoms with Crippen LogP contribution in [-0.2, 0) is 20.8 Å². The average Bonchev–Trinajstić information content (AvgIpc) is 2.97. The first-order valence-corrected chi connectivity index (χ1v) is 8.42. The minimum Gasteiger partial charge on any atom is -0.497 e. The van der Waals surface area contributed by atoms with E-state index in [4.69, 9.17) is 18.9 Å². The molecular weight excluding hydrogens is 318 g/mol. The molecule has 0 bridgehead atoms. The average molecular weight is 345 g/mol. The van der Waals surface area contributed by atoms with Gasteiger partial charge in [0.1, 0.15) is 17.9 Å². The van der Waals surface area contributed by atoms with Gasteiger partial charge >= 0.3 is 0 Å². The van der Waals surface area contributed by atoms with Gasteiger partial charge in [0.15, 0.2) is 5.79 Å². The highest BCUT2D eigenvalue weighted by atomic mass is 16.7. The summed E-state index contributed by atoms with van der Waals surface area (Å²) < 4.78 is 22.2. The van der Waals surface area contributed by atoms with Crippen LogP contribution in [0.25, 0.3) is 0 Å². The Kier molecular flexibility index (Phi) is 7.32. The number of methoxy groups -OCH3 is 1. The predicted molar refractivity (Wildman–Crippen MR) is 97.1 cm³/mol. The van der Waals surface area contributed by atoms with E-state index in [2.05, 4.69) is 23.7 Å². The number of hydrogen-bond acceptors (Lipinski definition) is 5. The fraction of sp³-hybridized carbons (Fsp3) is 0.500. The first-order valence-electron chi connectivity index (χ1n) is 8.42. The molecule has 1 aromatic carbocycles. The molecule has 136 valence electrons. The lowest BCUT2D eigenvalue weighted by atomic mass is 10.1. The summed E-state index contributed by atoms with van der Waals surface area (Å²) >= 11 is 0. The third-order valence-corrected chi connectivity index (χ3v) is 3.76. The fourth-order valence-electron chi connectivity index (χ4n) is 2.47. The minimum absolute atomic E-state index is 0.110. The van der Waals surface area contributed by atoms with Gasteiger partial charge in [-0.15, -0.1) is 0 Å². The molecule has 1 aromatic rings. The molecular formula is C20H27NO4. The SMILES string of the molecule is C=CN[C@@H](C#CCCOCc1ccc(OC)cc1)[C@H]1COC(C)(C)O1. The predicted octanol–water partition coefficient (Wildman–Crippen LogP) is 2.86. The molecule has 1 aliphatic heterocycles. The van der Waals surface area contributed by atoms with Crippen molar-refractivity contribution < 1.29 is 18.9 Å². The number of benzene rings is 1. The van der Waals surface area contributed by atoms with Gasteiger partial charge in [-0.1, -0.05) is 30.6 Å². The summed E-state index contributed by atoms with van der Waals surface area (Å²) in [4.78, 5) is 0. The molecule has 1 fully saturated rings. The lowest BCUT2D eigenvalue weighted by molar-refractivity contribution is -0.139. The van der Waals surface area contributed by atoms with E-state index < -0.39 is 5.79 Å². The summed E-state index contributed by atoms with van der Waals surface area (Å²) in [6, 6.07) is 7.70. The van der Waals surface area contributed by atoms with Crippen LogP contribution in [0.2, 0.25) is 0 Å². The number of ether oxygens (including phenoxy) is 4. The van der Waals surface area contributed by atoms with Crippen LogP contribution in [0.1, 0.15) is 25.8 Å². The van der Waals surface area contributed by atoms with Crippen molar-refractivity contribution in [1.29, 1.82) is 0 Å². The molecule has 1 N–H and O–H groups in total. The summed E-state index contributed by atoms with van der Waals surface area (Å²) in [5, 5.41) is 3.12. The van der Waals surface area contributed by atoms with Crippen LogP contribution in [0.15, 0.2) is 37.0 Å². The van der Waals surface area contributed by atoms with Gasteiger partial charge < -0.3 is 24.3 Å². The van der Waals surface area contributed by atoms with E-state index in [9.17, 15) is 0 Å². The molecule has 0 unspecified atom stereocenters. The van der Waals surface area contributed by atoms with Gasteiger partial charge in [-0.3, -0.25) is 0 Å². The van der Waals surface area contributed by atoms with Gasteiger partial charge in [0, 0.05) is 6.42 Å². The number of rotatable bonds is 8. The zero-order valence-electron chi connectivity index (χ0n) is 15.2. The lowest BCUT2D eigenvalue weighted by Crippen LogP contribution is -2.38. The molecule has 0 aromatic heterocycles. The Morgan fingerprint density at radius 3 is 2.76 bits per heavy atom. The van der Waals surface area contributed by atoms with Crippen molar-refractivity contribution >= 4 is 0 Å². The van der Waals surface area contributed by atoms with E-state index in [-0.39, 0.29) is 12.1 Å². The smallest absolute Gasteiger partial charge is 0.163 e. The molecule has 0 radical (unpaired) electrons. The van der Waals surface area contributed by atoms with E-state index >= 15 is 0 Å². The first kappa shape index (κ1) is 19.3. The lowest BCUT2D eigenvalue weighted by Gasteiger charge is -2.20. The van der Waals surface area contributed by atoms with Gasteiger partial charge in [0.05, 0.1) is 26.9 Å². The highest BCUT2D eigenvalue weighted by molar-refractivity contribution is 5.26. The molecule has 1 heterocycles. The van der Waals surface area contributed by atoms with E-state index in [1.165, 1.54) is 0 Å². The molecule has 0 amide bonds. The molecule has 2 atom stereocenters. The second kappa shape index (κ2) is 9.47. The minimum atomic E-state index is -0.561. The van der Waals surface area contributed by atoms with Crippen LogP contribution in [0, 0.1) is 11.8 Å². The molecule has 0 saturated carbocycles. The van der Waals surface area contributed by atoms with Crippen molar-refractivity contribution in [1.82, 2.24) is 5.32 Å². The van der Waals surface area contributed by atoms with Gasteiger partial charge in [-0.25, -0.2) is 0 Å². The topological polar surface area (TPSA) is 49.0 Å². The third-order valence-electron chi connectivity index (χ3n) is 3.76. The Hall–Kier alpha value is -2.00. The largest absolute Gasteiger partial charge is 0.497 e. The Labute approximate surface area is 150 Å². The Balaban J connectivity index is 1.73. The van der Waals surface area contributed by atoms with E-state index in [0.29, 0.717) is 26.2 Å². The maximum atomic E-state index is 5.84. The van der Waals surface area contributed by atoms with Gasteiger partial charge in [-0.2, -0.15) is 0 Å². The van der Waals surface area contributed by atoms with Crippen LogP contribution in [0.4, 0.5) is 0 Å². The van der Waals surface area contributed by atoms with Crippen molar-refractivity contribution in [3.8, 4) is 17.6 Å². The quantitative estimate of drug-likeness (QED) is 0.580. The molecule has 0 spiro atoms. The van der Waals surface area contributed by atoms with Crippen LogP contribution in [-0.4, -0.2) is 38.3 Å². The van der Waals surface area contributed by atoms with Gasteiger partial charge in [-0.05, 0) is 37.7 Å². The van der Waals surface area contributed by atoms with E-state index in [0.717, 1.165) is 11.3 Å². The maximum absolute atomic E-state index is 5.84. The zero-order valence-corrected chi connectivity index (χ0v) is 15.2. The molecule has 0 aliphatic carbocycles. The Bertz CT molecular complexity index is 600. The van der Waals surface area contributed by atoms with Crippen molar-refractivity contribution in [2.45, 2.75) is 44.8 Å². The van der Waals surface area contributed by atoms with Crippen molar-refractivity contribution in [3.63, 3.8) is 0 Å². The highest BCUT2D eigenvalue weighted by Crippen LogP contribution is 2.24. The normalized spacial score (nSPS) is 19.6. The fourth-order valence-corrected chi connectivity index (χ4v) is 2.47. The summed E-state index contributed by atoms with van der Waals surface area (Å²) in [5.41, 5.74) is 1.11. The zero-order chi connectivity index (χ0) is 18.1. The van der Waals surface area contributed by atoms with Gasteiger partial charge in [0.2, 0.25) is 0 Å². The Morgan fingerprint density at radius 2 is 2.16 bits per heavy atom.